The summed E-state index contributed by atoms with van der Waals surface area (Å²) < 4.78 is 34.1. The van der Waals surface area contributed by atoms with E-state index >= 15 is 0 Å². The average molecular weight is 403 g/mol. The maximum Gasteiger partial charge on any atom is 0.244 e. The van der Waals surface area contributed by atoms with E-state index in [-0.39, 0.29) is 16.6 Å². The van der Waals surface area contributed by atoms with E-state index in [0.717, 1.165) is 24.0 Å². The fourth-order valence-electron chi connectivity index (χ4n) is 3.43. The van der Waals surface area contributed by atoms with Gasteiger partial charge in [0.25, 0.3) is 0 Å². The summed E-state index contributed by atoms with van der Waals surface area (Å²) in [6.07, 6.45) is 2.19. The molecule has 1 aliphatic heterocycles. The highest BCUT2D eigenvalue weighted by molar-refractivity contribution is 7.89. The van der Waals surface area contributed by atoms with Gasteiger partial charge < -0.3 is 9.64 Å². The molecule has 0 bridgehead atoms. The molecule has 1 heterocycles. The van der Waals surface area contributed by atoms with Crippen LogP contribution in [0.2, 0.25) is 0 Å². The maximum absolute atomic E-state index is 13.1. The summed E-state index contributed by atoms with van der Waals surface area (Å²) >= 11 is 0. The molecular weight excluding hydrogens is 376 g/mol. The van der Waals surface area contributed by atoms with Crippen LogP contribution in [0.25, 0.3) is 0 Å². The molecule has 150 valence electrons. The molecule has 0 unspecified atom stereocenters. The number of hydrogen-bond acceptors (Lipinski definition) is 4. The Morgan fingerprint density at radius 1 is 1.14 bits per heavy atom. The number of rotatable bonds is 7. The number of amides is 1. The van der Waals surface area contributed by atoms with Gasteiger partial charge in [-0.3, -0.25) is 4.79 Å². The molecular formula is C21H26N2O4S. The summed E-state index contributed by atoms with van der Waals surface area (Å²) in [5.41, 5.74) is 1.70. The van der Waals surface area contributed by atoms with Gasteiger partial charge in [-0.2, -0.15) is 4.72 Å². The van der Waals surface area contributed by atoms with Gasteiger partial charge >= 0.3 is 0 Å². The van der Waals surface area contributed by atoms with Crippen LogP contribution in [0.15, 0.2) is 53.4 Å². The number of hydrogen-bond donors (Lipinski definition) is 1. The number of methoxy groups -OCH3 is 1. The van der Waals surface area contributed by atoms with Crippen molar-refractivity contribution in [2.75, 3.05) is 20.2 Å². The number of carbonyl (C=O) groups is 1. The highest BCUT2D eigenvalue weighted by Crippen LogP contribution is 2.25. The Hall–Kier alpha value is -2.38. The number of ether oxygens (including phenoxy) is 1. The minimum atomic E-state index is -3.94. The molecule has 6 nitrogen and oxygen atoms in total. The third-order valence-corrected chi connectivity index (χ3v) is 6.40. The van der Waals surface area contributed by atoms with E-state index in [9.17, 15) is 13.2 Å². The van der Waals surface area contributed by atoms with Crippen LogP contribution < -0.4 is 9.46 Å². The third-order valence-electron chi connectivity index (χ3n) is 4.90. The molecule has 3 rings (SSSR count). The maximum atomic E-state index is 13.1. The van der Waals surface area contributed by atoms with Gasteiger partial charge in [-0.25, -0.2) is 8.42 Å². The second-order valence-electron chi connectivity index (χ2n) is 7.05. The Labute approximate surface area is 166 Å². The van der Waals surface area contributed by atoms with Crippen LogP contribution >= 0.6 is 0 Å². The number of benzene rings is 2. The number of carbonyl (C=O) groups excluding carboxylic acids is 1. The first-order valence-corrected chi connectivity index (χ1v) is 10.9. The summed E-state index contributed by atoms with van der Waals surface area (Å²) in [6.45, 7) is 3.15. The fourth-order valence-corrected chi connectivity index (χ4v) is 4.87. The van der Waals surface area contributed by atoms with Gasteiger partial charge in [-0.1, -0.05) is 36.4 Å². The molecule has 0 aromatic heterocycles. The van der Waals surface area contributed by atoms with Gasteiger partial charge in [-0.05, 0) is 49.4 Å². The Bertz CT molecular complexity index is 923. The largest absolute Gasteiger partial charge is 0.495 e. The van der Waals surface area contributed by atoms with Gasteiger partial charge in [-0.15, -0.1) is 0 Å². The van der Waals surface area contributed by atoms with Crippen LogP contribution in [0.3, 0.4) is 0 Å². The van der Waals surface area contributed by atoms with E-state index in [2.05, 4.69) is 4.72 Å². The Morgan fingerprint density at radius 3 is 2.46 bits per heavy atom. The fraction of sp³-hybridized carbons (Fsp3) is 0.381. The summed E-state index contributed by atoms with van der Waals surface area (Å²) in [5, 5.41) is 0. The molecule has 1 fully saturated rings. The van der Waals surface area contributed by atoms with Gasteiger partial charge in [0.2, 0.25) is 15.9 Å². The SMILES string of the molecule is COc1ccc(C)cc1S(=O)(=O)N[C@H](Cc1ccccc1)C(=O)N1CCCC1. The summed E-state index contributed by atoms with van der Waals surface area (Å²) in [6, 6.07) is 13.5. The van der Waals surface area contributed by atoms with Crippen LogP contribution in [-0.2, 0) is 21.2 Å². The second kappa shape index (κ2) is 8.75. The first kappa shape index (κ1) is 20.4. The van der Waals surface area contributed by atoms with Gasteiger partial charge in [0, 0.05) is 13.1 Å². The zero-order valence-corrected chi connectivity index (χ0v) is 17.0. The van der Waals surface area contributed by atoms with Gasteiger partial charge in [0.15, 0.2) is 0 Å². The van der Waals surface area contributed by atoms with Crippen molar-refractivity contribution in [3.63, 3.8) is 0 Å². The van der Waals surface area contributed by atoms with Crippen LogP contribution in [0, 0.1) is 6.92 Å². The smallest absolute Gasteiger partial charge is 0.244 e. The summed E-state index contributed by atoms with van der Waals surface area (Å²) in [7, 11) is -2.51. The second-order valence-corrected chi connectivity index (χ2v) is 8.73. The Morgan fingerprint density at radius 2 is 1.82 bits per heavy atom. The van der Waals surface area contributed by atoms with Crippen molar-refractivity contribution >= 4 is 15.9 Å². The third kappa shape index (κ3) is 4.72. The molecule has 1 saturated heterocycles. The topological polar surface area (TPSA) is 75.7 Å². The lowest BCUT2D eigenvalue weighted by Crippen LogP contribution is -2.48. The van der Waals surface area contributed by atoms with Crippen LogP contribution in [0.5, 0.6) is 5.75 Å². The van der Waals surface area contributed by atoms with E-state index in [1.807, 2.05) is 37.3 Å². The van der Waals surface area contributed by atoms with E-state index in [1.54, 1.807) is 23.1 Å². The predicted octanol–water partition coefficient (Wildman–Crippen LogP) is 2.52. The molecule has 0 spiro atoms. The monoisotopic (exact) mass is 402 g/mol. The lowest BCUT2D eigenvalue weighted by Gasteiger charge is -2.24. The lowest BCUT2D eigenvalue weighted by atomic mass is 10.1. The Balaban J connectivity index is 1.91. The van der Waals surface area contributed by atoms with Crippen molar-refractivity contribution < 1.29 is 17.9 Å². The Kier molecular flexibility index (Phi) is 6.36. The van der Waals surface area contributed by atoms with E-state index in [4.69, 9.17) is 4.74 Å². The van der Waals surface area contributed by atoms with Crippen LogP contribution in [0.1, 0.15) is 24.0 Å². The normalized spacial score (nSPS) is 15.4. The van der Waals surface area contributed by atoms with Gasteiger partial charge in [0.05, 0.1) is 7.11 Å². The van der Waals surface area contributed by atoms with Crippen molar-refractivity contribution in [3.8, 4) is 5.75 Å². The predicted molar refractivity (Wildman–Crippen MR) is 108 cm³/mol. The van der Waals surface area contributed by atoms with Crippen LogP contribution in [-0.4, -0.2) is 45.5 Å². The van der Waals surface area contributed by atoms with Crippen molar-refractivity contribution in [2.45, 2.75) is 37.1 Å². The lowest BCUT2D eigenvalue weighted by molar-refractivity contribution is -0.131. The standard InChI is InChI=1S/C21H26N2O4S/c1-16-10-11-19(27-2)20(14-16)28(25,26)22-18(15-17-8-4-3-5-9-17)21(24)23-12-6-7-13-23/h3-5,8-11,14,18,22H,6-7,12-13,15H2,1-2H3/t18-/m1/s1. The highest BCUT2D eigenvalue weighted by atomic mass is 32.2. The minimum absolute atomic E-state index is 0.0438. The molecule has 2 aromatic rings. The van der Waals surface area contributed by atoms with E-state index < -0.39 is 16.1 Å². The zero-order chi connectivity index (χ0) is 20.1. The average Bonchev–Trinajstić information content (AvgIpc) is 3.22. The van der Waals surface area contributed by atoms with Crippen LogP contribution in [0.4, 0.5) is 0 Å². The van der Waals surface area contributed by atoms with Crippen molar-refractivity contribution in [3.05, 3.63) is 59.7 Å². The molecule has 0 aliphatic carbocycles. The first-order valence-electron chi connectivity index (χ1n) is 9.40. The van der Waals surface area contributed by atoms with Gasteiger partial charge in [0.1, 0.15) is 16.7 Å². The number of aryl methyl sites for hydroxylation is 1. The van der Waals surface area contributed by atoms with E-state index in [1.165, 1.54) is 7.11 Å². The molecule has 0 saturated carbocycles. The number of nitrogens with zero attached hydrogens (tertiary/aromatic N) is 1. The molecule has 28 heavy (non-hydrogen) atoms. The highest BCUT2D eigenvalue weighted by Gasteiger charge is 2.32. The van der Waals surface area contributed by atoms with Crippen molar-refractivity contribution in [1.82, 2.24) is 9.62 Å². The number of likely N-dealkylation sites (tertiary alicyclic amines) is 1. The molecule has 1 atom stereocenters. The zero-order valence-electron chi connectivity index (χ0n) is 16.2. The quantitative estimate of drug-likeness (QED) is 0.772. The summed E-state index contributed by atoms with van der Waals surface area (Å²) in [4.78, 5) is 14.8. The van der Waals surface area contributed by atoms with Crippen molar-refractivity contribution in [1.29, 1.82) is 0 Å². The molecule has 1 amide bonds. The first-order chi connectivity index (χ1) is 13.4. The number of sulfonamides is 1. The van der Waals surface area contributed by atoms with E-state index in [0.29, 0.717) is 19.5 Å². The number of nitrogens with one attached hydrogen (secondary N) is 1. The molecule has 1 N–H and O–H groups in total. The molecule has 7 heteroatoms. The minimum Gasteiger partial charge on any atom is -0.495 e. The van der Waals surface area contributed by atoms with Crippen molar-refractivity contribution in [2.24, 2.45) is 0 Å². The summed E-state index contributed by atoms with van der Waals surface area (Å²) in [5.74, 6) is 0.0710. The molecule has 1 aliphatic rings. The molecule has 0 radical (unpaired) electrons. The molecule has 2 aromatic carbocycles.